The molecule has 2 atom stereocenters. The Hall–Kier alpha value is -2.66. The summed E-state index contributed by atoms with van der Waals surface area (Å²) in [5, 5.41) is 10.2. The van der Waals surface area contributed by atoms with Gasteiger partial charge in [-0.2, -0.15) is 0 Å². The van der Waals surface area contributed by atoms with E-state index in [1.54, 1.807) is 23.1 Å². The number of amides is 1. The smallest absolute Gasteiger partial charge is 0.230 e. The number of benzene rings is 1. The van der Waals surface area contributed by atoms with Gasteiger partial charge in [0.15, 0.2) is 0 Å². The van der Waals surface area contributed by atoms with Crippen LogP contribution in [0.3, 0.4) is 0 Å². The first-order valence-corrected chi connectivity index (χ1v) is 10.7. The van der Waals surface area contributed by atoms with Gasteiger partial charge in [0.05, 0.1) is 5.60 Å². The molecule has 1 unspecified atom stereocenters. The summed E-state index contributed by atoms with van der Waals surface area (Å²) in [6.07, 6.45) is 8.02. The molecule has 2 heterocycles. The van der Waals surface area contributed by atoms with Crippen LogP contribution in [0.2, 0.25) is 0 Å². The summed E-state index contributed by atoms with van der Waals surface area (Å²) in [6.45, 7) is 11.4. The summed E-state index contributed by atoms with van der Waals surface area (Å²) in [6, 6.07) is 7.95. The average Bonchev–Trinajstić information content (AvgIpc) is 3.09. The number of allylic oxidation sites excluding steroid dienone is 4. The van der Waals surface area contributed by atoms with E-state index in [2.05, 4.69) is 18.1 Å². The third-order valence-electron chi connectivity index (χ3n) is 6.00. The maximum Gasteiger partial charge on any atom is 0.230 e. The van der Waals surface area contributed by atoms with Gasteiger partial charge in [-0.1, -0.05) is 31.4 Å². The fourth-order valence-corrected chi connectivity index (χ4v) is 4.33. The molecule has 160 valence electrons. The molecular formula is C25H32N2O3. The number of anilines is 2. The van der Waals surface area contributed by atoms with E-state index in [-0.39, 0.29) is 30.4 Å². The van der Waals surface area contributed by atoms with Crippen molar-refractivity contribution in [2.75, 3.05) is 29.4 Å². The van der Waals surface area contributed by atoms with E-state index in [0.717, 1.165) is 42.8 Å². The quantitative estimate of drug-likeness (QED) is 0.660. The second-order valence-corrected chi connectivity index (χ2v) is 8.61. The molecule has 0 saturated carbocycles. The van der Waals surface area contributed by atoms with E-state index in [9.17, 15) is 14.7 Å². The lowest BCUT2D eigenvalue weighted by molar-refractivity contribution is -0.128. The van der Waals surface area contributed by atoms with Gasteiger partial charge in [0.2, 0.25) is 5.91 Å². The number of nitrogens with zero attached hydrogens (tertiary/aromatic N) is 2. The van der Waals surface area contributed by atoms with Crippen molar-refractivity contribution in [2.24, 2.45) is 5.92 Å². The van der Waals surface area contributed by atoms with Crippen molar-refractivity contribution in [3.63, 3.8) is 0 Å². The van der Waals surface area contributed by atoms with Crippen LogP contribution >= 0.6 is 0 Å². The van der Waals surface area contributed by atoms with E-state index in [1.165, 1.54) is 0 Å². The van der Waals surface area contributed by atoms with Crippen LogP contribution in [0, 0.1) is 5.92 Å². The van der Waals surface area contributed by atoms with Crippen molar-refractivity contribution in [1.82, 2.24) is 0 Å². The standard InChI is InChI=1S/C25H32N2O3/c1-4-7-19(5-2)16-23(28)17-20-8-6-14-27(24(20)29)22-11-9-21(10-12-22)26-15-13-25(3,30)18-26/h4-5,7,9-12,20,30H,1-2,6,8,13-18H2,3H3/b19-7+/t20-,25?/m0/s1. The van der Waals surface area contributed by atoms with Gasteiger partial charge in [-0.25, -0.2) is 0 Å². The first-order chi connectivity index (χ1) is 14.3. The van der Waals surface area contributed by atoms with Crippen LogP contribution in [0.15, 0.2) is 61.2 Å². The summed E-state index contributed by atoms with van der Waals surface area (Å²) >= 11 is 0. The maximum absolute atomic E-state index is 13.0. The minimum absolute atomic E-state index is 0.0271. The Morgan fingerprint density at radius 1 is 1.23 bits per heavy atom. The van der Waals surface area contributed by atoms with Crippen LogP contribution in [0.5, 0.6) is 0 Å². The van der Waals surface area contributed by atoms with Crippen molar-refractivity contribution in [3.8, 4) is 0 Å². The summed E-state index contributed by atoms with van der Waals surface area (Å²) < 4.78 is 0. The molecule has 1 amide bonds. The summed E-state index contributed by atoms with van der Waals surface area (Å²) in [5.74, 6) is -0.187. The minimum Gasteiger partial charge on any atom is -0.388 e. The molecule has 0 radical (unpaired) electrons. The minimum atomic E-state index is -0.645. The number of hydrogen-bond donors (Lipinski definition) is 1. The number of hydrogen-bond acceptors (Lipinski definition) is 4. The molecule has 1 aromatic rings. The molecule has 3 rings (SSSR count). The lowest BCUT2D eigenvalue weighted by Crippen LogP contribution is -2.42. The molecule has 1 N–H and O–H groups in total. The average molecular weight is 409 g/mol. The van der Waals surface area contributed by atoms with Crippen LogP contribution in [-0.2, 0) is 9.59 Å². The highest BCUT2D eigenvalue weighted by Gasteiger charge is 2.33. The third kappa shape index (κ3) is 5.28. The number of aliphatic hydroxyl groups is 1. The Balaban J connectivity index is 1.63. The Morgan fingerprint density at radius 2 is 1.93 bits per heavy atom. The van der Waals surface area contributed by atoms with Gasteiger partial charge in [0.25, 0.3) is 0 Å². The Bertz CT molecular complexity index is 838. The van der Waals surface area contributed by atoms with E-state index >= 15 is 0 Å². The molecule has 2 saturated heterocycles. The number of piperidine rings is 1. The zero-order valence-corrected chi connectivity index (χ0v) is 17.8. The molecule has 5 heteroatoms. The summed E-state index contributed by atoms with van der Waals surface area (Å²) in [7, 11) is 0. The highest BCUT2D eigenvalue weighted by atomic mass is 16.3. The highest BCUT2D eigenvalue weighted by Crippen LogP contribution is 2.31. The lowest BCUT2D eigenvalue weighted by atomic mass is 9.90. The number of carbonyl (C=O) groups is 2. The van der Waals surface area contributed by atoms with Crippen molar-refractivity contribution in [3.05, 3.63) is 61.2 Å². The SMILES string of the molecule is C=C/C=C(\C=C)CC(=O)C[C@@H]1CCCN(c2ccc(N3CCC(C)(O)C3)cc2)C1=O. The fourth-order valence-electron chi connectivity index (χ4n) is 4.33. The maximum atomic E-state index is 13.0. The fraction of sp³-hybridized carbons (Fsp3) is 0.440. The molecule has 0 aliphatic carbocycles. The zero-order valence-electron chi connectivity index (χ0n) is 17.8. The van der Waals surface area contributed by atoms with Gasteiger partial charge in [-0.3, -0.25) is 9.59 Å². The molecule has 30 heavy (non-hydrogen) atoms. The van der Waals surface area contributed by atoms with E-state index in [1.807, 2.05) is 31.2 Å². The molecule has 0 bridgehead atoms. The number of rotatable bonds is 8. The van der Waals surface area contributed by atoms with E-state index in [0.29, 0.717) is 13.1 Å². The summed E-state index contributed by atoms with van der Waals surface area (Å²) in [5.41, 5.74) is 2.10. The second-order valence-electron chi connectivity index (χ2n) is 8.61. The Labute approximate surface area is 179 Å². The first-order valence-electron chi connectivity index (χ1n) is 10.7. The Morgan fingerprint density at radius 3 is 2.53 bits per heavy atom. The van der Waals surface area contributed by atoms with Crippen molar-refractivity contribution in [2.45, 2.75) is 44.6 Å². The number of ketones is 1. The highest BCUT2D eigenvalue weighted by molar-refractivity contribution is 5.98. The third-order valence-corrected chi connectivity index (χ3v) is 6.00. The molecule has 2 aliphatic heterocycles. The predicted molar refractivity (Wildman–Crippen MR) is 122 cm³/mol. The molecule has 1 aromatic carbocycles. The molecule has 0 aromatic heterocycles. The normalized spacial score (nSPS) is 24.8. The van der Waals surface area contributed by atoms with Crippen molar-refractivity contribution < 1.29 is 14.7 Å². The van der Waals surface area contributed by atoms with Gasteiger partial charge in [0, 0.05) is 49.8 Å². The van der Waals surface area contributed by atoms with Gasteiger partial charge in [0.1, 0.15) is 5.78 Å². The number of Topliss-reactive ketones (excluding diaryl/α,β-unsaturated/α-hetero) is 1. The topological polar surface area (TPSA) is 60.9 Å². The molecule has 5 nitrogen and oxygen atoms in total. The van der Waals surface area contributed by atoms with E-state index < -0.39 is 5.60 Å². The van der Waals surface area contributed by atoms with Crippen LogP contribution in [0.1, 0.15) is 39.0 Å². The largest absolute Gasteiger partial charge is 0.388 e. The summed E-state index contributed by atoms with van der Waals surface area (Å²) in [4.78, 5) is 29.5. The number of carbonyl (C=O) groups excluding carboxylic acids is 2. The lowest BCUT2D eigenvalue weighted by Gasteiger charge is -2.32. The van der Waals surface area contributed by atoms with Gasteiger partial charge in [-0.05, 0) is 56.0 Å². The monoisotopic (exact) mass is 408 g/mol. The number of β-amino-alcohol motifs (C(OH)–C–C–N with tert-alkyl or cyclic N) is 1. The van der Waals surface area contributed by atoms with Gasteiger partial charge in [-0.15, -0.1) is 0 Å². The van der Waals surface area contributed by atoms with Crippen LogP contribution in [0.4, 0.5) is 11.4 Å². The van der Waals surface area contributed by atoms with Gasteiger partial charge >= 0.3 is 0 Å². The first kappa shape index (κ1) is 22.0. The van der Waals surface area contributed by atoms with Crippen LogP contribution < -0.4 is 9.80 Å². The van der Waals surface area contributed by atoms with Crippen LogP contribution in [0.25, 0.3) is 0 Å². The van der Waals surface area contributed by atoms with Crippen molar-refractivity contribution in [1.29, 1.82) is 0 Å². The van der Waals surface area contributed by atoms with Gasteiger partial charge < -0.3 is 14.9 Å². The molecule has 2 aliphatic rings. The molecule has 2 fully saturated rings. The van der Waals surface area contributed by atoms with E-state index in [4.69, 9.17) is 0 Å². The van der Waals surface area contributed by atoms with Crippen LogP contribution in [-0.4, -0.2) is 42.0 Å². The predicted octanol–water partition coefficient (Wildman–Crippen LogP) is 4.04. The zero-order chi connectivity index (χ0) is 21.7. The molecule has 0 spiro atoms. The molecular weight excluding hydrogens is 376 g/mol. The second kappa shape index (κ2) is 9.43. The Kier molecular flexibility index (Phi) is 6.93. The van der Waals surface area contributed by atoms with Crippen molar-refractivity contribution >= 4 is 23.1 Å².